The molecule has 0 aromatic heterocycles. The van der Waals surface area contributed by atoms with Gasteiger partial charge in [0.1, 0.15) is 0 Å². The molecule has 226 valence electrons. The van der Waals surface area contributed by atoms with Gasteiger partial charge in [0.2, 0.25) is 0 Å². The maximum atomic E-state index is 4.93. The molecule has 1 heterocycles. The number of hydrogen-bond acceptors (Lipinski definition) is 0. The molecule has 0 nitrogen and oxygen atoms in total. The van der Waals surface area contributed by atoms with Crippen LogP contribution in [0, 0.1) is 6.07 Å². The first-order valence-electron chi connectivity index (χ1n) is 15.5. The summed E-state index contributed by atoms with van der Waals surface area (Å²) < 4.78 is 0. The molecule has 0 amide bonds. The average molecular weight is 747 g/mol. The van der Waals surface area contributed by atoms with Crippen molar-refractivity contribution in [2.45, 2.75) is 72.4 Å². The van der Waals surface area contributed by atoms with Crippen LogP contribution in [0.15, 0.2) is 84.9 Å². The first-order valence-corrected chi connectivity index (χ1v) is 29.8. The number of fused-ring (bicyclic) bond motifs is 4. The molecule has 5 aromatic carbocycles. The Kier molecular flexibility index (Phi) is 12.1. The van der Waals surface area contributed by atoms with Crippen LogP contribution in [0.4, 0.5) is 0 Å². The number of hydrogen-bond donors (Lipinski definition) is 0. The largest absolute Gasteiger partial charge is 0.184 e. The molecule has 0 saturated heterocycles. The van der Waals surface area contributed by atoms with Crippen LogP contribution in [0.5, 0.6) is 0 Å². The van der Waals surface area contributed by atoms with Crippen molar-refractivity contribution in [3.05, 3.63) is 102 Å². The van der Waals surface area contributed by atoms with E-state index in [1.165, 1.54) is 54.5 Å². The van der Waals surface area contributed by atoms with E-state index in [9.17, 15) is 0 Å². The van der Waals surface area contributed by atoms with Crippen LogP contribution < -0.4 is 20.7 Å². The molecule has 0 bridgehead atoms. The molecule has 0 fully saturated rings. The van der Waals surface area contributed by atoms with Crippen molar-refractivity contribution >= 4 is 74.2 Å². The summed E-state index contributed by atoms with van der Waals surface area (Å²) in [5.41, 5.74) is 8.62. The summed E-state index contributed by atoms with van der Waals surface area (Å²) in [7, 11) is 7.86. The van der Waals surface area contributed by atoms with E-state index >= 15 is 0 Å². The Balaban J connectivity index is 0.000000226. The Morgan fingerprint density at radius 3 is 2.02 bits per heavy atom. The predicted molar refractivity (Wildman–Crippen MR) is 202 cm³/mol. The zero-order chi connectivity index (χ0) is 32.2. The fourth-order valence-electron chi connectivity index (χ4n) is 5.73. The Morgan fingerprint density at radius 2 is 1.43 bits per heavy atom. The van der Waals surface area contributed by atoms with Crippen LogP contribution in [0.25, 0.3) is 33.0 Å². The second kappa shape index (κ2) is 15.0. The molecule has 6 rings (SSSR count). The summed E-state index contributed by atoms with van der Waals surface area (Å²) in [5.74, 6) is 0.519. The molecule has 0 aliphatic carbocycles. The minimum Gasteiger partial charge on any atom is -0.184 e. The van der Waals surface area contributed by atoms with E-state index in [0.29, 0.717) is 5.92 Å². The van der Waals surface area contributed by atoms with Crippen molar-refractivity contribution < 1.29 is 20.8 Å². The standard InChI is InChI=1S/C26H37Si2.C12H7Si.2ClH.Zr/c1-10-19-13-20-11-12-24(18(2)3)26(25(20)14-19)21-15-22(27(4,5)6)17-23(16-21)28(7,8)9;1-3-7-11-9(5-1)10-6-2-4-8-12(10)13-11;;;/h11-18H,10H2,1-9H3;1-7H;2*1H;/q2*-1;;;+4/p-2. The molecular weight excluding hydrogens is 703 g/mol. The minimum absolute atomic E-state index is 0.519. The van der Waals surface area contributed by atoms with Crippen LogP contribution in [-0.4, -0.2) is 25.7 Å². The summed E-state index contributed by atoms with van der Waals surface area (Å²) >= 11 is -0.826. The maximum absolute atomic E-state index is 4.93. The van der Waals surface area contributed by atoms with Gasteiger partial charge in [-0.2, -0.15) is 35.5 Å². The normalized spacial score (nSPS) is 12.1. The fourth-order valence-corrected chi connectivity index (χ4v) is 9.54. The molecule has 2 radical (unpaired) electrons. The molecule has 44 heavy (non-hydrogen) atoms. The molecule has 0 atom stereocenters. The smallest absolute Gasteiger partial charge is 0.0920 e. The Labute approximate surface area is 289 Å². The number of benzene rings is 4. The molecule has 1 aliphatic rings. The molecule has 0 unspecified atom stereocenters. The quantitative estimate of drug-likeness (QED) is 0.122. The second-order valence-electron chi connectivity index (χ2n) is 13.9. The van der Waals surface area contributed by atoms with E-state index < -0.39 is 37.0 Å². The molecular formula is C38H44Cl2Si3Zr. The van der Waals surface area contributed by atoms with Crippen LogP contribution in [0.2, 0.25) is 39.3 Å². The average Bonchev–Trinajstić information content (AvgIpc) is 3.57. The van der Waals surface area contributed by atoms with Crippen LogP contribution in [0.3, 0.4) is 0 Å². The van der Waals surface area contributed by atoms with E-state index in [-0.39, 0.29) is 0 Å². The summed E-state index contributed by atoms with van der Waals surface area (Å²) in [6.07, 6.45) is 1.10. The van der Waals surface area contributed by atoms with E-state index in [4.69, 9.17) is 17.0 Å². The third-order valence-electron chi connectivity index (χ3n) is 8.30. The Bertz CT molecular complexity index is 1650. The maximum Gasteiger partial charge on any atom is 0.0920 e. The molecule has 6 heteroatoms. The van der Waals surface area contributed by atoms with E-state index in [0.717, 1.165) is 15.9 Å². The van der Waals surface area contributed by atoms with Gasteiger partial charge < -0.3 is 0 Å². The predicted octanol–water partition coefficient (Wildman–Crippen LogP) is 9.50. The van der Waals surface area contributed by atoms with Gasteiger partial charge in [-0.15, -0.1) is 40.1 Å². The first-order chi connectivity index (χ1) is 20.8. The number of rotatable bonds is 5. The number of aryl methyl sites for hydroxylation is 1. The van der Waals surface area contributed by atoms with E-state index in [1.807, 2.05) is 6.07 Å². The minimum atomic E-state index is -1.40. The third-order valence-corrected chi connectivity index (χ3v) is 13.7. The van der Waals surface area contributed by atoms with Gasteiger partial charge in [-0.05, 0) is 17.9 Å². The van der Waals surface area contributed by atoms with Crippen molar-refractivity contribution in [1.82, 2.24) is 0 Å². The topological polar surface area (TPSA) is 0 Å². The SMILES string of the molecule is CCc1cc2c(-c3cc([Si](C)(C)C)cc([Si](C)(C)C)c3)c(C(C)C)ccc2[cH-]1.[Cl][Zr+2][Cl].[c-]1cccc2c1[Si]c1ccccc1-2. The van der Waals surface area contributed by atoms with Crippen molar-refractivity contribution in [2.75, 3.05) is 0 Å². The van der Waals surface area contributed by atoms with Crippen molar-refractivity contribution in [3.8, 4) is 22.3 Å². The molecule has 5 aromatic rings. The van der Waals surface area contributed by atoms with Gasteiger partial charge in [0.25, 0.3) is 0 Å². The third kappa shape index (κ3) is 8.30. The van der Waals surface area contributed by atoms with Crippen LogP contribution >= 0.6 is 17.0 Å². The Morgan fingerprint density at radius 1 is 0.818 bits per heavy atom. The molecule has 1 aliphatic heterocycles. The van der Waals surface area contributed by atoms with E-state index in [1.54, 1.807) is 10.4 Å². The Hall–Kier alpha value is -1.40. The van der Waals surface area contributed by atoms with Gasteiger partial charge >= 0.3 is 37.9 Å². The zero-order valence-corrected chi connectivity index (χ0v) is 34.6. The van der Waals surface area contributed by atoms with Crippen LogP contribution in [0.1, 0.15) is 37.8 Å². The van der Waals surface area contributed by atoms with Gasteiger partial charge in [-0.1, -0.05) is 135 Å². The van der Waals surface area contributed by atoms with Crippen molar-refractivity contribution in [1.29, 1.82) is 0 Å². The number of halogens is 2. The van der Waals surface area contributed by atoms with Gasteiger partial charge in [0, 0.05) is 0 Å². The molecule has 0 spiro atoms. The first kappa shape index (κ1) is 35.5. The summed E-state index contributed by atoms with van der Waals surface area (Å²) in [6, 6.07) is 35.3. The second-order valence-corrected chi connectivity index (χ2v) is 29.1. The molecule has 0 N–H and O–H groups in total. The monoisotopic (exact) mass is 744 g/mol. The zero-order valence-electron chi connectivity index (χ0n) is 27.6. The van der Waals surface area contributed by atoms with Gasteiger partial charge in [-0.3, -0.25) is 0 Å². The molecule has 0 saturated carbocycles. The van der Waals surface area contributed by atoms with Gasteiger partial charge in [0.15, 0.2) is 0 Å². The van der Waals surface area contributed by atoms with Crippen molar-refractivity contribution in [2.24, 2.45) is 0 Å². The van der Waals surface area contributed by atoms with Crippen molar-refractivity contribution in [3.63, 3.8) is 0 Å². The summed E-state index contributed by atoms with van der Waals surface area (Å²) in [4.78, 5) is 0. The fraction of sp³-hybridized carbons (Fsp3) is 0.289. The van der Waals surface area contributed by atoms with Gasteiger partial charge in [0.05, 0.1) is 25.7 Å². The summed E-state index contributed by atoms with van der Waals surface area (Å²) in [6.45, 7) is 21.8. The van der Waals surface area contributed by atoms with Crippen LogP contribution in [-0.2, 0) is 27.3 Å². The van der Waals surface area contributed by atoms with E-state index in [2.05, 4.69) is 145 Å². The van der Waals surface area contributed by atoms with Gasteiger partial charge in [-0.25, -0.2) is 0 Å². The summed E-state index contributed by atoms with van der Waals surface area (Å²) in [5, 5.41) is 8.85.